The molecule has 2 heterocycles. The van der Waals surface area contributed by atoms with Gasteiger partial charge in [0, 0.05) is 23.5 Å². The van der Waals surface area contributed by atoms with E-state index in [-0.39, 0.29) is 5.82 Å². The fraction of sp³-hybridized carbons (Fsp3) is 0. The Kier molecular flexibility index (Phi) is 2.17. The maximum atomic E-state index is 8.99. The van der Waals surface area contributed by atoms with Gasteiger partial charge < -0.3 is 5.73 Å². The number of nitrogens with two attached hydrogens (primary N) is 1. The highest BCUT2D eigenvalue weighted by molar-refractivity contribution is 5.87. The van der Waals surface area contributed by atoms with Gasteiger partial charge in [-0.25, -0.2) is 15.0 Å². The number of imidazole rings is 1. The smallest absolute Gasteiger partial charge is 0.218 e. The summed E-state index contributed by atoms with van der Waals surface area (Å²) < 4.78 is 1.61. The first-order chi connectivity index (χ1) is 8.79. The van der Waals surface area contributed by atoms with Crippen molar-refractivity contribution in [3.05, 3.63) is 42.7 Å². The van der Waals surface area contributed by atoms with E-state index in [1.807, 2.05) is 12.1 Å². The fourth-order valence-electron chi connectivity index (χ4n) is 1.81. The summed E-state index contributed by atoms with van der Waals surface area (Å²) in [5, 5.41) is 9.78. The Morgan fingerprint density at radius 2 is 2.11 bits per heavy atom. The summed E-state index contributed by atoms with van der Waals surface area (Å²) in [6, 6.07) is 7.39. The molecule has 0 aliphatic rings. The summed E-state index contributed by atoms with van der Waals surface area (Å²) in [6.07, 6.45) is 4.69. The van der Waals surface area contributed by atoms with Crippen LogP contribution in [0.5, 0.6) is 0 Å². The van der Waals surface area contributed by atoms with Crippen molar-refractivity contribution in [2.75, 3.05) is 5.73 Å². The number of hydrogen-bond acceptors (Lipinski definition) is 5. The van der Waals surface area contributed by atoms with Gasteiger partial charge in [-0.15, -0.1) is 0 Å². The zero-order valence-electron chi connectivity index (χ0n) is 9.28. The number of nitrogen functional groups attached to an aromatic ring is 1. The number of aromatic nitrogens is 4. The van der Waals surface area contributed by atoms with Gasteiger partial charge in [0.2, 0.25) is 5.82 Å². The highest BCUT2D eigenvalue weighted by Gasteiger charge is 2.09. The van der Waals surface area contributed by atoms with Crippen molar-refractivity contribution in [3.8, 4) is 11.9 Å². The van der Waals surface area contributed by atoms with Gasteiger partial charge in [-0.05, 0) is 18.2 Å². The lowest BCUT2D eigenvalue weighted by atomic mass is 10.2. The molecular formula is C12H8N6. The first kappa shape index (κ1) is 10.2. The molecule has 0 amide bonds. The van der Waals surface area contributed by atoms with Crippen LogP contribution in [-0.4, -0.2) is 19.5 Å². The highest BCUT2D eigenvalue weighted by atomic mass is 15.1. The van der Waals surface area contributed by atoms with Crippen molar-refractivity contribution >= 4 is 16.6 Å². The first-order valence-electron chi connectivity index (χ1n) is 5.23. The van der Waals surface area contributed by atoms with Crippen molar-refractivity contribution < 1.29 is 0 Å². The van der Waals surface area contributed by atoms with Gasteiger partial charge in [0.25, 0.3) is 0 Å². The van der Waals surface area contributed by atoms with E-state index in [0.717, 1.165) is 10.9 Å². The standard InChI is InChI=1S/C12H8N6/c13-6-11-15-3-4-18(11)12-9-5-8(14)1-2-10(9)16-7-17-12/h1-5,7H,14H2. The Hall–Kier alpha value is -2.94. The van der Waals surface area contributed by atoms with Gasteiger partial charge in [0.05, 0.1) is 5.52 Å². The second-order valence-electron chi connectivity index (χ2n) is 3.71. The molecule has 0 unspecified atom stereocenters. The molecule has 1 aromatic carbocycles. The molecule has 6 heteroatoms. The molecule has 0 spiro atoms. The van der Waals surface area contributed by atoms with Gasteiger partial charge in [-0.3, -0.25) is 4.57 Å². The highest BCUT2D eigenvalue weighted by Crippen LogP contribution is 2.21. The number of nitriles is 1. The molecule has 0 aliphatic heterocycles. The normalized spacial score (nSPS) is 10.4. The molecular weight excluding hydrogens is 228 g/mol. The van der Waals surface area contributed by atoms with Crippen LogP contribution < -0.4 is 5.73 Å². The van der Waals surface area contributed by atoms with E-state index in [4.69, 9.17) is 11.0 Å². The topological polar surface area (TPSA) is 93.4 Å². The number of hydrogen-bond donors (Lipinski definition) is 1. The van der Waals surface area contributed by atoms with E-state index in [1.54, 1.807) is 29.1 Å². The molecule has 0 bridgehead atoms. The number of anilines is 1. The molecule has 3 aromatic rings. The van der Waals surface area contributed by atoms with Crippen molar-refractivity contribution in [1.29, 1.82) is 5.26 Å². The van der Waals surface area contributed by atoms with E-state index < -0.39 is 0 Å². The summed E-state index contributed by atoms with van der Waals surface area (Å²) in [5.41, 5.74) is 7.16. The summed E-state index contributed by atoms with van der Waals surface area (Å²) in [6.45, 7) is 0. The minimum absolute atomic E-state index is 0.275. The van der Waals surface area contributed by atoms with Crippen molar-refractivity contribution in [2.45, 2.75) is 0 Å². The van der Waals surface area contributed by atoms with E-state index in [9.17, 15) is 0 Å². The second-order valence-corrected chi connectivity index (χ2v) is 3.71. The van der Waals surface area contributed by atoms with Gasteiger partial charge in [-0.2, -0.15) is 5.26 Å². The Bertz CT molecular complexity index is 768. The Balaban J connectivity index is 2.36. The Morgan fingerprint density at radius 3 is 2.94 bits per heavy atom. The van der Waals surface area contributed by atoms with Crippen LogP contribution in [0.25, 0.3) is 16.7 Å². The molecule has 0 aliphatic carbocycles. The lowest BCUT2D eigenvalue weighted by Gasteiger charge is -2.06. The number of benzene rings is 1. The average Bonchev–Trinajstić information content (AvgIpc) is 2.86. The van der Waals surface area contributed by atoms with Gasteiger partial charge in [0.1, 0.15) is 18.2 Å². The Morgan fingerprint density at radius 1 is 1.22 bits per heavy atom. The van der Waals surface area contributed by atoms with Crippen molar-refractivity contribution in [3.63, 3.8) is 0 Å². The molecule has 0 atom stereocenters. The lowest BCUT2D eigenvalue weighted by molar-refractivity contribution is 0.968. The van der Waals surface area contributed by atoms with Gasteiger partial charge in [0.15, 0.2) is 0 Å². The van der Waals surface area contributed by atoms with Gasteiger partial charge in [-0.1, -0.05) is 0 Å². The molecule has 0 radical (unpaired) electrons. The van der Waals surface area contributed by atoms with Crippen LogP contribution >= 0.6 is 0 Å². The van der Waals surface area contributed by atoms with E-state index in [1.165, 1.54) is 6.33 Å². The monoisotopic (exact) mass is 236 g/mol. The third-order valence-electron chi connectivity index (χ3n) is 2.61. The number of nitrogens with zero attached hydrogens (tertiary/aromatic N) is 5. The Labute approximate surface area is 102 Å². The lowest BCUT2D eigenvalue weighted by Crippen LogP contribution is -2.01. The summed E-state index contributed by atoms with van der Waals surface area (Å²) >= 11 is 0. The molecule has 0 saturated heterocycles. The minimum atomic E-state index is 0.275. The summed E-state index contributed by atoms with van der Waals surface area (Å²) in [5.74, 6) is 0.874. The zero-order valence-corrected chi connectivity index (χ0v) is 9.28. The third-order valence-corrected chi connectivity index (χ3v) is 2.61. The zero-order chi connectivity index (χ0) is 12.5. The molecule has 18 heavy (non-hydrogen) atoms. The summed E-state index contributed by atoms with van der Waals surface area (Å²) in [4.78, 5) is 12.3. The fourth-order valence-corrected chi connectivity index (χ4v) is 1.81. The van der Waals surface area contributed by atoms with Crippen LogP contribution in [0.4, 0.5) is 5.69 Å². The first-order valence-corrected chi connectivity index (χ1v) is 5.23. The minimum Gasteiger partial charge on any atom is -0.399 e. The quantitative estimate of drug-likeness (QED) is 0.642. The predicted octanol–water partition coefficient (Wildman–Crippen LogP) is 1.27. The third kappa shape index (κ3) is 1.46. The SMILES string of the molecule is N#Cc1nccn1-c1ncnc2ccc(N)cc12. The van der Waals surface area contributed by atoms with Crippen LogP contribution in [0.1, 0.15) is 5.82 Å². The van der Waals surface area contributed by atoms with Crippen molar-refractivity contribution in [1.82, 2.24) is 19.5 Å². The molecule has 0 saturated carbocycles. The molecule has 2 N–H and O–H groups in total. The van der Waals surface area contributed by atoms with Crippen LogP contribution in [-0.2, 0) is 0 Å². The van der Waals surface area contributed by atoms with E-state index in [0.29, 0.717) is 11.5 Å². The van der Waals surface area contributed by atoms with Crippen LogP contribution in [0.3, 0.4) is 0 Å². The summed E-state index contributed by atoms with van der Waals surface area (Å²) in [7, 11) is 0. The van der Waals surface area contributed by atoms with E-state index in [2.05, 4.69) is 15.0 Å². The molecule has 6 nitrogen and oxygen atoms in total. The maximum absolute atomic E-state index is 8.99. The van der Waals surface area contributed by atoms with Gasteiger partial charge >= 0.3 is 0 Å². The predicted molar refractivity (Wildman–Crippen MR) is 65.8 cm³/mol. The number of fused-ring (bicyclic) bond motifs is 1. The largest absolute Gasteiger partial charge is 0.399 e. The average molecular weight is 236 g/mol. The van der Waals surface area contributed by atoms with E-state index >= 15 is 0 Å². The molecule has 0 fully saturated rings. The van der Waals surface area contributed by atoms with Crippen LogP contribution in [0.2, 0.25) is 0 Å². The molecule has 86 valence electrons. The maximum Gasteiger partial charge on any atom is 0.218 e. The molecule has 3 rings (SSSR count). The van der Waals surface area contributed by atoms with Crippen LogP contribution in [0, 0.1) is 11.3 Å². The van der Waals surface area contributed by atoms with Crippen LogP contribution in [0.15, 0.2) is 36.9 Å². The molecule has 2 aromatic heterocycles. The second kappa shape index (κ2) is 3.82. The number of rotatable bonds is 1. The van der Waals surface area contributed by atoms with Crippen molar-refractivity contribution in [2.24, 2.45) is 0 Å².